The lowest BCUT2D eigenvalue weighted by Gasteiger charge is -2.48. The number of amides is 5. The van der Waals surface area contributed by atoms with Crippen molar-refractivity contribution in [3.05, 3.63) is 71.1 Å². The molecule has 2 aromatic carbocycles. The number of likely N-dealkylation sites (N-methyl/N-ethyl adjacent to an activating group) is 1. The van der Waals surface area contributed by atoms with Crippen LogP contribution in [-0.2, 0) is 20.9 Å². The molecule has 2 unspecified atom stereocenters. The Labute approximate surface area is 389 Å². The summed E-state index contributed by atoms with van der Waals surface area (Å²) in [5, 5.41) is 8.85. The van der Waals surface area contributed by atoms with Crippen molar-refractivity contribution in [1.29, 1.82) is 0 Å². The quantitative estimate of drug-likeness (QED) is 0.237. The van der Waals surface area contributed by atoms with E-state index in [1.165, 1.54) is 12.1 Å². The third-order valence-electron chi connectivity index (χ3n) is 15.9. The number of nitrogens with zero attached hydrogens (tertiary/aromatic N) is 8. The Balaban J connectivity index is 0.702. The van der Waals surface area contributed by atoms with Crippen LogP contribution in [0.3, 0.4) is 0 Å². The highest BCUT2D eigenvalue weighted by Gasteiger charge is 2.47. The van der Waals surface area contributed by atoms with E-state index >= 15 is 8.78 Å². The second-order valence-corrected chi connectivity index (χ2v) is 20.9. The molecule has 1 saturated carbocycles. The highest BCUT2D eigenvalue weighted by atomic mass is 19.1. The maximum absolute atomic E-state index is 15.8. The van der Waals surface area contributed by atoms with Crippen LogP contribution >= 0.6 is 0 Å². The van der Waals surface area contributed by atoms with Gasteiger partial charge in [-0.05, 0) is 101 Å². The Morgan fingerprint density at radius 3 is 2.27 bits per heavy atom. The van der Waals surface area contributed by atoms with Gasteiger partial charge in [0, 0.05) is 88.2 Å². The molecular weight excluding hydrogens is 861 g/mol. The first-order valence-electron chi connectivity index (χ1n) is 24.0. The molecule has 1 spiro atoms. The Morgan fingerprint density at radius 2 is 1.55 bits per heavy atom. The average molecular weight is 922 g/mol. The molecule has 6 fully saturated rings. The number of hydrogen-bond acceptors (Lipinski definition) is 13. The van der Waals surface area contributed by atoms with Gasteiger partial charge in [-0.2, -0.15) is 0 Å². The molecule has 3 aromatic rings. The number of hydrogen-bond donors (Lipinski definition) is 3. The number of carbonyl (C=O) groups excluding carboxylic acids is 5. The first-order chi connectivity index (χ1) is 32.1. The molecule has 67 heavy (non-hydrogen) atoms. The smallest absolute Gasteiger partial charge is 0.264 e. The molecule has 1 aromatic heterocycles. The number of benzene rings is 2. The third kappa shape index (κ3) is 8.94. The summed E-state index contributed by atoms with van der Waals surface area (Å²) in [7, 11) is 2.13. The van der Waals surface area contributed by atoms with Crippen LogP contribution in [0.15, 0.2) is 42.7 Å². The largest absolute Gasteiger partial charge is 0.383 e. The van der Waals surface area contributed by atoms with Crippen molar-refractivity contribution >= 4 is 52.5 Å². The molecule has 1 aliphatic carbocycles. The van der Waals surface area contributed by atoms with E-state index in [1.54, 1.807) is 29.4 Å². The van der Waals surface area contributed by atoms with Gasteiger partial charge in [-0.3, -0.25) is 39.1 Å². The maximum Gasteiger partial charge on any atom is 0.264 e. The molecule has 5 amide bonds. The summed E-state index contributed by atoms with van der Waals surface area (Å²) in [5.74, 6) is -0.447. The Morgan fingerprint density at radius 1 is 0.836 bits per heavy atom. The lowest BCUT2D eigenvalue weighted by atomic mass is 9.82. The first kappa shape index (κ1) is 45.1. The highest BCUT2D eigenvalue weighted by Crippen LogP contribution is 2.42. The number of nitrogens with one attached hydrogen (secondary N) is 3. The van der Waals surface area contributed by atoms with E-state index < -0.39 is 46.8 Å². The van der Waals surface area contributed by atoms with Gasteiger partial charge in [0.25, 0.3) is 11.8 Å². The molecule has 18 heteroatoms. The van der Waals surface area contributed by atoms with E-state index in [0.717, 1.165) is 74.9 Å². The molecule has 4 atom stereocenters. The number of halogens is 2. The molecule has 0 bridgehead atoms. The van der Waals surface area contributed by atoms with Crippen LogP contribution in [0.5, 0.6) is 0 Å². The van der Waals surface area contributed by atoms with Gasteiger partial charge in [-0.1, -0.05) is 19.9 Å². The van der Waals surface area contributed by atoms with Crippen molar-refractivity contribution in [2.45, 2.75) is 89.4 Å². The van der Waals surface area contributed by atoms with Crippen molar-refractivity contribution in [2.75, 3.05) is 92.5 Å². The Kier molecular flexibility index (Phi) is 11.9. The van der Waals surface area contributed by atoms with E-state index in [9.17, 15) is 24.0 Å². The van der Waals surface area contributed by atoms with Gasteiger partial charge in [-0.25, -0.2) is 18.7 Å². The molecule has 7 aliphatic rings. The zero-order valence-corrected chi connectivity index (χ0v) is 38.7. The van der Waals surface area contributed by atoms with E-state index in [1.807, 2.05) is 0 Å². The first-order valence-corrected chi connectivity index (χ1v) is 24.0. The summed E-state index contributed by atoms with van der Waals surface area (Å²) in [6.45, 7) is 11.3. The summed E-state index contributed by atoms with van der Waals surface area (Å²) in [5.41, 5.74) is 1.25. The van der Waals surface area contributed by atoms with Crippen molar-refractivity contribution in [3.8, 4) is 0 Å². The second kappa shape index (κ2) is 17.7. The zero-order chi connectivity index (χ0) is 46.8. The van der Waals surface area contributed by atoms with Crippen LogP contribution in [0.25, 0.3) is 0 Å². The fraction of sp³-hybridized carbons (Fsp3) is 0.571. The van der Waals surface area contributed by atoms with Crippen LogP contribution in [-0.4, -0.2) is 144 Å². The van der Waals surface area contributed by atoms with Crippen LogP contribution in [0.1, 0.15) is 91.5 Å². The average Bonchev–Trinajstić information content (AvgIpc) is 3.96. The maximum atomic E-state index is 15.8. The van der Waals surface area contributed by atoms with Gasteiger partial charge in [0.05, 0.1) is 28.9 Å². The molecule has 5 saturated heterocycles. The zero-order valence-electron chi connectivity index (χ0n) is 38.7. The monoisotopic (exact) mass is 921 g/mol. The number of piperidine rings is 3. The predicted octanol–water partition coefficient (Wildman–Crippen LogP) is 4.01. The van der Waals surface area contributed by atoms with Crippen LogP contribution < -0.4 is 30.7 Å². The summed E-state index contributed by atoms with van der Waals surface area (Å²) in [6.07, 6.45) is 7.23. The van der Waals surface area contributed by atoms with Crippen LogP contribution in [0.4, 0.5) is 31.8 Å². The van der Waals surface area contributed by atoms with Crippen molar-refractivity contribution in [3.63, 3.8) is 0 Å². The van der Waals surface area contributed by atoms with E-state index in [0.29, 0.717) is 74.7 Å². The molecule has 10 rings (SSSR count). The number of carbonyl (C=O) groups is 5. The van der Waals surface area contributed by atoms with E-state index in [4.69, 9.17) is 4.98 Å². The highest BCUT2D eigenvalue weighted by molar-refractivity contribution is 6.25. The van der Waals surface area contributed by atoms with Crippen molar-refractivity contribution < 1.29 is 32.8 Å². The van der Waals surface area contributed by atoms with E-state index in [2.05, 4.69) is 67.5 Å². The summed E-state index contributed by atoms with van der Waals surface area (Å²) in [4.78, 5) is 85.4. The van der Waals surface area contributed by atoms with Gasteiger partial charge < -0.3 is 30.2 Å². The molecule has 7 heterocycles. The summed E-state index contributed by atoms with van der Waals surface area (Å²) < 4.78 is 31.3. The standard InChI is InChI=1S/C49H61F2N11O5/c1-48(2)9-14-58(15-10-48)24-32-21-36(51)39(22-35(32)50)61-27-43(64)56-49(28-61)11-16-59(17-12-49)40-23-41(54-29-53-40)60-25-30-19-33(20-31(30)26-60)57(3)18-13-52-37-6-4-5-34-44(37)47(67)62(46(34)66)38-7-8-42(63)55-45(38)65/h4-6,21-23,29-31,33,38,52H,7-20,24-28H2,1-3H3,(H,56,64)(H,55,63,65)/t30-,31+,33?,38?. The van der Waals surface area contributed by atoms with Crippen molar-refractivity contribution in [1.82, 2.24) is 35.3 Å². The van der Waals surface area contributed by atoms with Crippen LogP contribution in [0.2, 0.25) is 0 Å². The minimum atomic E-state index is -1.01. The topological polar surface area (TPSA) is 167 Å². The number of rotatable bonds is 11. The fourth-order valence-electron chi connectivity index (χ4n) is 11.8. The predicted molar refractivity (Wildman–Crippen MR) is 248 cm³/mol. The normalized spacial score (nSPS) is 26.1. The number of piperazine rings is 1. The van der Waals surface area contributed by atoms with Gasteiger partial charge in [0.15, 0.2) is 0 Å². The Bertz CT molecular complexity index is 2460. The molecule has 0 radical (unpaired) electrons. The van der Waals surface area contributed by atoms with Gasteiger partial charge in [0.2, 0.25) is 17.7 Å². The van der Waals surface area contributed by atoms with Gasteiger partial charge in [0.1, 0.15) is 35.6 Å². The van der Waals surface area contributed by atoms with Crippen LogP contribution in [0, 0.1) is 28.9 Å². The number of aromatic nitrogens is 2. The molecule has 356 valence electrons. The summed E-state index contributed by atoms with van der Waals surface area (Å²) in [6, 6.07) is 9.16. The molecule has 6 aliphatic heterocycles. The minimum absolute atomic E-state index is 0.0251. The SMILES string of the molecule is CN(CCNc1cccc2c1C(=O)N(C1CCC(=O)NC1=O)C2=O)C1C[C@@H]2CN(c3cc(N4CCC5(CC4)CN(c4cc(F)c(CN6CCC(C)(C)CC6)cc4F)CC(=O)N5)ncn3)C[C@@H]2C1. The lowest BCUT2D eigenvalue weighted by Crippen LogP contribution is -2.66. The molecular formula is C49H61F2N11O5. The number of fused-ring (bicyclic) bond motifs is 2. The molecule has 3 N–H and O–H groups in total. The minimum Gasteiger partial charge on any atom is -0.383 e. The Hall–Kier alpha value is -5.75. The fourth-order valence-corrected chi connectivity index (χ4v) is 11.8. The van der Waals surface area contributed by atoms with Gasteiger partial charge in [-0.15, -0.1) is 0 Å². The van der Waals surface area contributed by atoms with Crippen molar-refractivity contribution in [2.24, 2.45) is 17.3 Å². The number of imide groups is 2. The lowest BCUT2D eigenvalue weighted by molar-refractivity contribution is -0.136. The third-order valence-corrected chi connectivity index (χ3v) is 15.9. The second-order valence-electron chi connectivity index (χ2n) is 20.9. The van der Waals surface area contributed by atoms with E-state index in [-0.39, 0.29) is 47.5 Å². The summed E-state index contributed by atoms with van der Waals surface area (Å²) >= 11 is 0. The van der Waals surface area contributed by atoms with Gasteiger partial charge >= 0.3 is 0 Å². The number of anilines is 4. The molecule has 16 nitrogen and oxygen atoms in total. The number of likely N-dealkylation sites (tertiary alicyclic amines) is 1.